The fourth-order valence-corrected chi connectivity index (χ4v) is 0.421. The van der Waals surface area contributed by atoms with Gasteiger partial charge in [-0.2, -0.15) is 36.0 Å². The lowest BCUT2D eigenvalue weighted by molar-refractivity contribution is -0.359. The summed E-state index contributed by atoms with van der Waals surface area (Å²) in [4.78, 5) is 0. The number of hydrogen-bond donors (Lipinski definition) is 0. The molecular weight excluding hydrogens is 223 g/mol. The van der Waals surface area contributed by atoms with Crippen molar-refractivity contribution in [2.45, 2.75) is 18.0 Å². The molecule has 0 amide bonds. The summed E-state index contributed by atoms with van der Waals surface area (Å²) in [5.41, 5.74) is 0. The van der Waals surface area contributed by atoms with E-state index in [0.717, 1.165) is 0 Å². The summed E-state index contributed by atoms with van der Waals surface area (Å²) in [5, 5.41) is 7.57. The first-order chi connectivity index (χ1) is 6.06. The summed E-state index contributed by atoms with van der Waals surface area (Å²) in [6, 6.07) is 0. The number of hydrogen-bond acceptors (Lipinski definition) is 2. The van der Waals surface area contributed by atoms with Gasteiger partial charge in [0.15, 0.2) is 6.61 Å². The Labute approximate surface area is 72.9 Å². The predicted octanol–water partition coefficient (Wildman–Crippen LogP) is 2.32. The fourth-order valence-electron chi connectivity index (χ4n) is 0.421. The highest BCUT2D eigenvalue weighted by Gasteiger charge is 2.73. The second-order valence-corrected chi connectivity index (χ2v) is 2.16. The van der Waals surface area contributed by atoms with Crippen LogP contribution in [0.3, 0.4) is 0 Å². The van der Waals surface area contributed by atoms with Crippen LogP contribution in [-0.2, 0) is 4.74 Å². The van der Waals surface area contributed by atoms with Crippen LogP contribution in [0.5, 0.6) is 0 Å². The van der Waals surface area contributed by atoms with E-state index in [2.05, 4.69) is 4.74 Å². The van der Waals surface area contributed by atoms with E-state index < -0.39 is 24.6 Å². The summed E-state index contributed by atoms with van der Waals surface area (Å²) in [6.07, 6.45) is -5.83. The summed E-state index contributed by atoms with van der Waals surface area (Å²) < 4.78 is 85.5. The molecule has 0 spiro atoms. The number of alkyl halides is 7. The Balaban J connectivity index is 4.80. The van der Waals surface area contributed by atoms with Gasteiger partial charge in [0.1, 0.15) is 0 Å². The average molecular weight is 225 g/mol. The Morgan fingerprint density at radius 3 is 1.71 bits per heavy atom. The monoisotopic (exact) mass is 225 g/mol. The minimum absolute atomic E-state index is 0.567. The second kappa shape index (κ2) is 3.51. The largest absolute Gasteiger partial charge is 0.460 e. The van der Waals surface area contributed by atoms with Crippen molar-refractivity contribution in [3.63, 3.8) is 0 Å². The first kappa shape index (κ1) is 12.8. The number of rotatable bonds is 3. The van der Waals surface area contributed by atoms with Crippen LogP contribution in [0.25, 0.3) is 0 Å². The highest BCUT2D eigenvalue weighted by Crippen LogP contribution is 2.46. The Morgan fingerprint density at radius 1 is 1.00 bits per heavy atom. The molecule has 2 nitrogen and oxygen atoms in total. The van der Waals surface area contributed by atoms with Crippen molar-refractivity contribution >= 4 is 0 Å². The first-order valence-electron chi connectivity index (χ1n) is 2.89. The smallest absolute Gasteiger partial charge is 0.421 e. The third-order valence-electron chi connectivity index (χ3n) is 1.13. The van der Waals surface area contributed by atoms with Crippen LogP contribution >= 0.6 is 0 Å². The molecule has 0 atom stereocenters. The van der Waals surface area contributed by atoms with E-state index in [1.165, 1.54) is 0 Å². The molecule has 0 radical (unpaired) electrons. The Kier molecular flexibility index (Phi) is 3.21. The molecule has 0 rings (SSSR count). The molecule has 0 aromatic heterocycles. The molecule has 82 valence electrons. The molecule has 0 bridgehead atoms. The summed E-state index contributed by atoms with van der Waals surface area (Å²) >= 11 is 0. The topological polar surface area (TPSA) is 33.0 Å². The van der Waals surface area contributed by atoms with Crippen LogP contribution < -0.4 is 0 Å². The summed E-state index contributed by atoms with van der Waals surface area (Å²) in [5.74, 6) is -11.7. The van der Waals surface area contributed by atoms with Gasteiger partial charge in [-0.1, -0.05) is 0 Å². The molecule has 0 saturated carbocycles. The Morgan fingerprint density at radius 2 is 1.43 bits per heavy atom. The first-order valence-corrected chi connectivity index (χ1v) is 2.89. The van der Waals surface area contributed by atoms with Gasteiger partial charge in [-0.3, -0.25) is 0 Å². The third-order valence-corrected chi connectivity index (χ3v) is 1.13. The van der Waals surface area contributed by atoms with E-state index in [4.69, 9.17) is 5.26 Å². The summed E-state index contributed by atoms with van der Waals surface area (Å²) in [6.45, 7) is -2.32. The molecule has 0 aliphatic carbocycles. The third kappa shape index (κ3) is 2.18. The number of nitrogens with zero attached hydrogens (tertiary/aromatic N) is 1. The van der Waals surface area contributed by atoms with Crippen LogP contribution in [0.2, 0.25) is 0 Å². The molecule has 0 N–H and O–H groups in total. The van der Waals surface area contributed by atoms with E-state index in [-0.39, 0.29) is 0 Å². The van der Waals surface area contributed by atoms with Crippen LogP contribution in [-0.4, -0.2) is 24.6 Å². The van der Waals surface area contributed by atoms with Crippen LogP contribution in [0.1, 0.15) is 0 Å². The zero-order valence-corrected chi connectivity index (χ0v) is 6.21. The van der Waals surface area contributed by atoms with Crippen LogP contribution in [0.4, 0.5) is 30.7 Å². The molecular formula is C5H2F7NO. The standard InChI is InChI=1S/C5H2F7NO/c6-3(7,1-14-2-13)4(8,9)5(10,11)12/h1H2. The zero-order valence-electron chi connectivity index (χ0n) is 6.21. The number of halogens is 7. The molecule has 0 unspecified atom stereocenters. The highest BCUT2D eigenvalue weighted by molar-refractivity contribution is 4.91. The fraction of sp³-hybridized carbons (Fsp3) is 0.800. The molecule has 0 aliphatic rings. The van der Waals surface area contributed by atoms with E-state index in [0.29, 0.717) is 6.26 Å². The van der Waals surface area contributed by atoms with E-state index in [1.807, 2.05) is 0 Å². The van der Waals surface area contributed by atoms with Gasteiger partial charge >= 0.3 is 18.0 Å². The molecule has 14 heavy (non-hydrogen) atoms. The van der Waals surface area contributed by atoms with Crippen molar-refractivity contribution in [3.8, 4) is 6.26 Å². The Hall–Kier alpha value is -1.20. The van der Waals surface area contributed by atoms with Gasteiger partial charge in [-0.05, 0) is 0 Å². The van der Waals surface area contributed by atoms with Crippen molar-refractivity contribution < 1.29 is 35.5 Å². The minimum atomic E-state index is -6.39. The zero-order chi connectivity index (χ0) is 11.6. The molecule has 0 aromatic carbocycles. The lowest BCUT2D eigenvalue weighted by Crippen LogP contribution is -2.54. The highest BCUT2D eigenvalue weighted by atomic mass is 19.4. The van der Waals surface area contributed by atoms with Crippen molar-refractivity contribution in [2.24, 2.45) is 0 Å². The lowest BCUT2D eigenvalue weighted by atomic mass is 10.2. The van der Waals surface area contributed by atoms with E-state index in [1.54, 1.807) is 0 Å². The summed E-state index contributed by atoms with van der Waals surface area (Å²) in [7, 11) is 0. The molecule has 0 aliphatic heterocycles. The minimum Gasteiger partial charge on any atom is -0.421 e. The van der Waals surface area contributed by atoms with Crippen molar-refractivity contribution in [2.75, 3.05) is 6.61 Å². The lowest BCUT2D eigenvalue weighted by Gasteiger charge is -2.26. The van der Waals surface area contributed by atoms with Crippen LogP contribution in [0.15, 0.2) is 0 Å². The average Bonchev–Trinajstić information content (AvgIpc) is 1.98. The normalized spacial score (nSPS) is 13.6. The van der Waals surface area contributed by atoms with Crippen molar-refractivity contribution in [3.05, 3.63) is 0 Å². The van der Waals surface area contributed by atoms with Gasteiger partial charge in [0, 0.05) is 0 Å². The maximum Gasteiger partial charge on any atom is 0.460 e. The quantitative estimate of drug-likeness (QED) is 0.545. The predicted molar refractivity (Wildman–Crippen MR) is 27.5 cm³/mol. The maximum atomic E-state index is 12.1. The van der Waals surface area contributed by atoms with Crippen molar-refractivity contribution in [1.82, 2.24) is 0 Å². The van der Waals surface area contributed by atoms with E-state index in [9.17, 15) is 30.7 Å². The van der Waals surface area contributed by atoms with E-state index >= 15 is 0 Å². The number of nitriles is 1. The molecule has 9 heteroatoms. The van der Waals surface area contributed by atoms with Gasteiger partial charge in [-0.15, -0.1) is 0 Å². The Bertz CT molecular complexity index is 239. The molecule has 0 fully saturated rings. The van der Waals surface area contributed by atoms with Gasteiger partial charge in [-0.25, -0.2) is 0 Å². The SMILES string of the molecule is N#COCC(F)(F)C(F)(F)C(F)(F)F. The van der Waals surface area contributed by atoms with Gasteiger partial charge in [0.05, 0.1) is 0 Å². The van der Waals surface area contributed by atoms with Crippen molar-refractivity contribution in [1.29, 1.82) is 5.26 Å². The van der Waals surface area contributed by atoms with Gasteiger partial charge < -0.3 is 4.74 Å². The molecule has 0 aromatic rings. The number of ether oxygens (including phenoxy) is 1. The second-order valence-electron chi connectivity index (χ2n) is 2.16. The van der Waals surface area contributed by atoms with Gasteiger partial charge in [0.2, 0.25) is 0 Å². The molecule has 0 saturated heterocycles. The maximum absolute atomic E-state index is 12.1. The van der Waals surface area contributed by atoms with Crippen LogP contribution in [0, 0.1) is 11.5 Å². The van der Waals surface area contributed by atoms with Gasteiger partial charge in [0.25, 0.3) is 6.26 Å². The molecule has 0 heterocycles.